The number of hydrogen-bond donors (Lipinski definition) is 1. The van der Waals surface area contributed by atoms with Crippen LogP contribution in [0.2, 0.25) is 0 Å². The van der Waals surface area contributed by atoms with Crippen molar-refractivity contribution in [2.24, 2.45) is 5.92 Å². The SMILES string of the molecule is COc1cccc2c(C)cc(-n3nc(C)cc3NC(=O)C3CCN(C(C)=O)CC3)nc12. The van der Waals surface area contributed by atoms with Gasteiger partial charge in [-0.2, -0.15) is 9.78 Å². The second-order valence-electron chi connectivity index (χ2n) is 8.01. The quantitative estimate of drug-likeness (QED) is 0.699. The third-order valence-corrected chi connectivity index (χ3v) is 5.83. The number of pyridine rings is 1. The number of nitrogens with one attached hydrogen (secondary N) is 1. The fourth-order valence-electron chi connectivity index (χ4n) is 4.10. The lowest BCUT2D eigenvalue weighted by atomic mass is 9.96. The van der Waals surface area contributed by atoms with E-state index in [-0.39, 0.29) is 17.7 Å². The Morgan fingerprint density at radius 1 is 1.16 bits per heavy atom. The lowest BCUT2D eigenvalue weighted by molar-refractivity contribution is -0.132. The zero-order chi connectivity index (χ0) is 22.1. The van der Waals surface area contributed by atoms with Crippen LogP contribution in [0.15, 0.2) is 30.3 Å². The van der Waals surface area contributed by atoms with Gasteiger partial charge in [0.25, 0.3) is 0 Å². The number of nitrogens with zero attached hydrogens (tertiary/aromatic N) is 4. The van der Waals surface area contributed by atoms with Crippen molar-refractivity contribution in [2.45, 2.75) is 33.6 Å². The van der Waals surface area contributed by atoms with Gasteiger partial charge in [0.15, 0.2) is 5.82 Å². The predicted molar refractivity (Wildman–Crippen MR) is 118 cm³/mol. The summed E-state index contributed by atoms with van der Waals surface area (Å²) in [7, 11) is 1.62. The van der Waals surface area contributed by atoms with Crippen LogP contribution in [0.3, 0.4) is 0 Å². The summed E-state index contributed by atoms with van der Waals surface area (Å²) in [6.07, 6.45) is 1.31. The van der Waals surface area contributed by atoms with Crippen molar-refractivity contribution >= 4 is 28.5 Å². The summed E-state index contributed by atoms with van der Waals surface area (Å²) in [5, 5.41) is 8.60. The number of carbonyl (C=O) groups is 2. The molecule has 3 heterocycles. The Bertz CT molecular complexity index is 1150. The average molecular weight is 422 g/mol. The van der Waals surface area contributed by atoms with Gasteiger partial charge >= 0.3 is 0 Å². The van der Waals surface area contributed by atoms with E-state index in [1.165, 1.54) is 0 Å². The minimum absolute atomic E-state index is 0.0561. The summed E-state index contributed by atoms with van der Waals surface area (Å²) in [5.74, 6) is 1.75. The molecule has 1 N–H and O–H groups in total. The Morgan fingerprint density at radius 3 is 2.58 bits per heavy atom. The zero-order valence-electron chi connectivity index (χ0n) is 18.3. The van der Waals surface area contributed by atoms with Crippen LogP contribution in [0.5, 0.6) is 5.75 Å². The molecule has 1 aromatic carbocycles. The molecule has 2 amide bonds. The maximum atomic E-state index is 12.9. The van der Waals surface area contributed by atoms with E-state index in [1.807, 2.05) is 44.2 Å². The molecule has 2 aromatic heterocycles. The highest BCUT2D eigenvalue weighted by molar-refractivity contribution is 5.92. The van der Waals surface area contributed by atoms with E-state index >= 15 is 0 Å². The molecule has 31 heavy (non-hydrogen) atoms. The average Bonchev–Trinajstić information content (AvgIpc) is 3.13. The van der Waals surface area contributed by atoms with Crippen LogP contribution in [-0.2, 0) is 9.59 Å². The normalized spacial score (nSPS) is 14.6. The molecule has 0 unspecified atom stereocenters. The lowest BCUT2D eigenvalue weighted by Crippen LogP contribution is -2.40. The molecular weight excluding hydrogens is 394 g/mol. The Labute approximate surface area is 181 Å². The van der Waals surface area contributed by atoms with Crippen molar-refractivity contribution < 1.29 is 14.3 Å². The zero-order valence-corrected chi connectivity index (χ0v) is 18.3. The number of benzene rings is 1. The number of para-hydroxylation sites is 1. The largest absolute Gasteiger partial charge is 0.494 e. The summed E-state index contributed by atoms with van der Waals surface area (Å²) < 4.78 is 7.15. The molecule has 1 aliphatic heterocycles. The smallest absolute Gasteiger partial charge is 0.228 e. The van der Waals surface area contributed by atoms with Gasteiger partial charge in [-0.1, -0.05) is 12.1 Å². The highest BCUT2D eigenvalue weighted by Crippen LogP contribution is 2.29. The summed E-state index contributed by atoms with van der Waals surface area (Å²) in [4.78, 5) is 31.0. The van der Waals surface area contributed by atoms with Crippen LogP contribution in [0.25, 0.3) is 16.7 Å². The molecule has 0 spiro atoms. The summed E-state index contributed by atoms with van der Waals surface area (Å²) in [6.45, 7) is 6.68. The number of carbonyl (C=O) groups excluding carboxylic acids is 2. The number of methoxy groups -OCH3 is 1. The predicted octanol–water partition coefficient (Wildman–Crippen LogP) is 3.24. The molecule has 162 valence electrons. The maximum absolute atomic E-state index is 12.9. The second kappa shape index (κ2) is 8.37. The molecule has 8 heteroatoms. The van der Waals surface area contributed by atoms with E-state index in [9.17, 15) is 9.59 Å². The number of piperidine rings is 1. The Hall–Kier alpha value is -3.42. The number of aryl methyl sites for hydroxylation is 2. The molecule has 0 radical (unpaired) electrons. The van der Waals surface area contributed by atoms with Crippen LogP contribution in [0, 0.1) is 19.8 Å². The van der Waals surface area contributed by atoms with Gasteiger partial charge in [0, 0.05) is 37.4 Å². The van der Waals surface area contributed by atoms with Crippen molar-refractivity contribution in [1.29, 1.82) is 0 Å². The van der Waals surface area contributed by atoms with Crippen LogP contribution < -0.4 is 10.1 Å². The molecule has 8 nitrogen and oxygen atoms in total. The lowest BCUT2D eigenvalue weighted by Gasteiger charge is -2.30. The molecular formula is C23H27N5O3. The number of ether oxygens (including phenoxy) is 1. The van der Waals surface area contributed by atoms with E-state index < -0.39 is 0 Å². The van der Waals surface area contributed by atoms with Gasteiger partial charge in [0.2, 0.25) is 11.8 Å². The van der Waals surface area contributed by atoms with Gasteiger partial charge in [-0.05, 0) is 44.4 Å². The van der Waals surface area contributed by atoms with E-state index in [0.29, 0.717) is 43.3 Å². The summed E-state index contributed by atoms with van der Waals surface area (Å²) >= 11 is 0. The minimum atomic E-state index is -0.134. The Kier molecular flexibility index (Phi) is 5.63. The molecule has 3 aromatic rings. The third kappa shape index (κ3) is 4.10. The summed E-state index contributed by atoms with van der Waals surface area (Å²) in [5.41, 5.74) is 2.57. The van der Waals surface area contributed by atoms with Crippen molar-refractivity contribution in [1.82, 2.24) is 19.7 Å². The molecule has 1 saturated heterocycles. The Balaban J connectivity index is 1.62. The van der Waals surface area contributed by atoms with Crippen molar-refractivity contribution in [3.63, 3.8) is 0 Å². The topological polar surface area (TPSA) is 89.4 Å². The van der Waals surface area contributed by atoms with Gasteiger partial charge < -0.3 is 15.0 Å². The number of hydrogen-bond acceptors (Lipinski definition) is 5. The molecule has 1 fully saturated rings. The van der Waals surface area contributed by atoms with Gasteiger partial charge in [0.1, 0.15) is 17.1 Å². The summed E-state index contributed by atoms with van der Waals surface area (Å²) in [6, 6.07) is 9.62. The molecule has 0 bridgehead atoms. The number of likely N-dealkylation sites (tertiary alicyclic amines) is 1. The first kappa shape index (κ1) is 20.8. The van der Waals surface area contributed by atoms with Crippen molar-refractivity contribution in [2.75, 3.05) is 25.5 Å². The van der Waals surface area contributed by atoms with E-state index in [4.69, 9.17) is 9.72 Å². The van der Waals surface area contributed by atoms with Crippen molar-refractivity contribution in [3.05, 3.63) is 41.6 Å². The fourth-order valence-corrected chi connectivity index (χ4v) is 4.10. The number of fused-ring (bicyclic) bond motifs is 1. The molecule has 0 saturated carbocycles. The minimum Gasteiger partial charge on any atom is -0.494 e. The monoisotopic (exact) mass is 421 g/mol. The first-order chi connectivity index (χ1) is 14.9. The molecule has 1 aliphatic rings. The standard InChI is InChI=1S/C23H27N5O3/c1-14-12-20(24-22-18(14)6-5-7-19(22)31-4)28-21(13-15(2)26-28)25-23(30)17-8-10-27(11-9-17)16(3)29/h5-7,12-13,17H,8-11H2,1-4H3,(H,25,30). The Morgan fingerprint density at radius 2 is 1.90 bits per heavy atom. The number of amides is 2. The van der Waals surface area contributed by atoms with E-state index in [1.54, 1.807) is 23.6 Å². The van der Waals surface area contributed by atoms with Gasteiger partial charge in [-0.15, -0.1) is 0 Å². The highest BCUT2D eigenvalue weighted by atomic mass is 16.5. The van der Waals surface area contributed by atoms with Crippen LogP contribution in [0.1, 0.15) is 31.0 Å². The van der Waals surface area contributed by atoms with E-state index in [2.05, 4.69) is 10.4 Å². The van der Waals surface area contributed by atoms with Crippen LogP contribution in [0.4, 0.5) is 5.82 Å². The third-order valence-electron chi connectivity index (χ3n) is 5.83. The number of rotatable bonds is 4. The van der Waals surface area contributed by atoms with Crippen LogP contribution in [-0.4, -0.2) is 51.7 Å². The van der Waals surface area contributed by atoms with Crippen LogP contribution >= 0.6 is 0 Å². The van der Waals surface area contributed by atoms with Gasteiger partial charge in [0.05, 0.1) is 12.8 Å². The second-order valence-corrected chi connectivity index (χ2v) is 8.01. The first-order valence-electron chi connectivity index (χ1n) is 10.4. The molecule has 0 atom stereocenters. The van der Waals surface area contributed by atoms with E-state index in [0.717, 1.165) is 22.2 Å². The molecule has 0 aliphatic carbocycles. The van der Waals surface area contributed by atoms with Gasteiger partial charge in [-0.25, -0.2) is 4.98 Å². The first-order valence-corrected chi connectivity index (χ1v) is 10.4. The number of aromatic nitrogens is 3. The maximum Gasteiger partial charge on any atom is 0.228 e. The van der Waals surface area contributed by atoms with Crippen molar-refractivity contribution in [3.8, 4) is 11.6 Å². The molecule has 4 rings (SSSR count). The fraction of sp³-hybridized carbons (Fsp3) is 0.391. The highest BCUT2D eigenvalue weighted by Gasteiger charge is 2.27. The number of anilines is 1. The van der Waals surface area contributed by atoms with Gasteiger partial charge in [-0.3, -0.25) is 9.59 Å².